The molecule has 2 atom stereocenters. The highest BCUT2D eigenvalue weighted by atomic mass is 35.5. The summed E-state index contributed by atoms with van der Waals surface area (Å²) >= 11 is 12.1. The molecule has 1 aromatic carbocycles. The Hall–Kier alpha value is -2.78. The lowest BCUT2D eigenvalue weighted by molar-refractivity contribution is -0.128. The first-order valence-corrected chi connectivity index (χ1v) is 10.4. The summed E-state index contributed by atoms with van der Waals surface area (Å²) in [7, 11) is 0. The zero-order valence-electron chi connectivity index (χ0n) is 17.0. The van der Waals surface area contributed by atoms with Crippen LogP contribution in [0.2, 0.25) is 10.0 Å². The monoisotopic (exact) mass is 467 g/mol. The summed E-state index contributed by atoms with van der Waals surface area (Å²) in [6, 6.07) is 3.71. The van der Waals surface area contributed by atoms with E-state index in [1.165, 1.54) is 0 Å². The molecule has 166 valence electrons. The van der Waals surface area contributed by atoms with Gasteiger partial charge in [0.2, 0.25) is 17.7 Å². The summed E-state index contributed by atoms with van der Waals surface area (Å²) < 4.78 is 0. The Kier molecular flexibility index (Phi) is 6.47. The van der Waals surface area contributed by atoms with Crippen LogP contribution < -0.4 is 21.7 Å². The van der Waals surface area contributed by atoms with Gasteiger partial charge in [-0.3, -0.25) is 19.2 Å². The fourth-order valence-corrected chi connectivity index (χ4v) is 4.25. The van der Waals surface area contributed by atoms with Gasteiger partial charge in [0.1, 0.15) is 11.7 Å². The van der Waals surface area contributed by atoms with Crippen LogP contribution in [0.25, 0.3) is 10.9 Å². The van der Waals surface area contributed by atoms with Crippen LogP contribution in [0.1, 0.15) is 37.2 Å². The van der Waals surface area contributed by atoms with Crippen molar-refractivity contribution >= 4 is 57.7 Å². The number of nitrogens with one attached hydrogen (secondary N) is 4. The van der Waals surface area contributed by atoms with Crippen molar-refractivity contribution in [2.75, 3.05) is 6.54 Å². The van der Waals surface area contributed by atoms with Crippen LogP contribution >= 0.6 is 23.2 Å². The number of primary amides is 1. The van der Waals surface area contributed by atoms with Crippen LogP contribution in [0.15, 0.2) is 18.2 Å². The molecule has 2 aromatic rings. The van der Waals surface area contributed by atoms with Crippen molar-refractivity contribution in [3.05, 3.63) is 33.9 Å². The summed E-state index contributed by atoms with van der Waals surface area (Å²) in [6.07, 6.45) is 0.612. The Morgan fingerprint density at radius 2 is 1.97 bits per heavy atom. The van der Waals surface area contributed by atoms with Gasteiger partial charge in [0.05, 0.1) is 11.6 Å². The third-order valence-corrected chi connectivity index (χ3v) is 5.63. The third kappa shape index (κ3) is 5.48. The second kappa shape index (κ2) is 8.76. The molecule has 11 heteroatoms. The molecule has 1 saturated heterocycles. The number of benzene rings is 1. The Morgan fingerprint density at radius 3 is 2.58 bits per heavy atom. The Morgan fingerprint density at radius 1 is 1.26 bits per heavy atom. The smallest absolute Gasteiger partial charge is 0.268 e. The first-order chi connectivity index (χ1) is 14.4. The molecule has 4 amide bonds. The number of rotatable bonds is 7. The molecule has 0 bridgehead atoms. The quantitative estimate of drug-likeness (QED) is 0.419. The number of carbonyl (C=O) groups excluding carboxylic acids is 4. The molecule has 0 saturated carbocycles. The maximum absolute atomic E-state index is 12.4. The summed E-state index contributed by atoms with van der Waals surface area (Å²) in [5.74, 6) is -2.51. The number of hydrogen-bond donors (Lipinski definition) is 5. The summed E-state index contributed by atoms with van der Waals surface area (Å²) in [4.78, 5) is 51.4. The van der Waals surface area contributed by atoms with E-state index in [0.717, 1.165) is 0 Å². The third-order valence-electron chi connectivity index (χ3n) is 5.09. The van der Waals surface area contributed by atoms with E-state index >= 15 is 0 Å². The summed E-state index contributed by atoms with van der Waals surface area (Å²) in [5, 5.41) is 9.21. The minimum atomic E-state index is -1.02. The molecule has 31 heavy (non-hydrogen) atoms. The van der Waals surface area contributed by atoms with Gasteiger partial charge in [-0.2, -0.15) is 0 Å². The number of fused-ring (bicyclic) bond motifs is 1. The van der Waals surface area contributed by atoms with Crippen LogP contribution in [-0.4, -0.2) is 46.7 Å². The maximum atomic E-state index is 12.4. The minimum absolute atomic E-state index is 0.0888. The first-order valence-electron chi connectivity index (χ1n) is 9.62. The number of aromatic nitrogens is 1. The molecular formula is C20H23Cl2N5O4. The van der Waals surface area contributed by atoms with E-state index < -0.39 is 29.7 Å². The van der Waals surface area contributed by atoms with Gasteiger partial charge in [0.15, 0.2) is 0 Å². The number of nitrogens with two attached hydrogens (primary N) is 1. The predicted molar refractivity (Wildman–Crippen MR) is 117 cm³/mol. The fraction of sp³-hybridized carbons (Fsp3) is 0.400. The summed E-state index contributed by atoms with van der Waals surface area (Å²) in [5.41, 5.74) is 5.79. The molecule has 9 nitrogen and oxygen atoms in total. The standard InChI is InChI=1S/C20H23Cl2N5O4/c1-20(2)7-9(18(30)27-20)3-14(17(23)29)26-16(28)8-24-19(31)15-6-11-12(22)4-10(21)5-13(11)25-15/h4-6,9,14,25H,3,7-8H2,1-2H3,(H2,23,29)(H,24,31)(H,26,28)(H,27,30)/t9-,14+/m1/s1. The van der Waals surface area contributed by atoms with E-state index in [0.29, 0.717) is 27.4 Å². The molecule has 1 aliphatic heterocycles. The maximum Gasteiger partial charge on any atom is 0.268 e. The van der Waals surface area contributed by atoms with Crippen LogP contribution in [-0.2, 0) is 14.4 Å². The SMILES string of the molecule is CC1(C)C[C@@H](C[C@H](NC(=O)CNC(=O)c2cc3c(Cl)cc(Cl)cc3[nH]2)C(N)=O)C(=O)N1. The average Bonchev–Trinajstić information content (AvgIpc) is 3.19. The van der Waals surface area contributed by atoms with Crippen molar-refractivity contribution in [3.63, 3.8) is 0 Å². The predicted octanol–water partition coefficient (Wildman–Crippen LogP) is 1.48. The number of H-pyrrole nitrogens is 1. The number of amides is 4. The zero-order valence-corrected chi connectivity index (χ0v) is 18.5. The molecule has 2 heterocycles. The van der Waals surface area contributed by atoms with E-state index in [1.54, 1.807) is 18.2 Å². The van der Waals surface area contributed by atoms with Gasteiger partial charge >= 0.3 is 0 Å². The van der Waals surface area contributed by atoms with Crippen molar-refractivity contribution < 1.29 is 19.2 Å². The van der Waals surface area contributed by atoms with Crippen molar-refractivity contribution in [1.82, 2.24) is 20.9 Å². The van der Waals surface area contributed by atoms with Crippen LogP contribution in [0.4, 0.5) is 0 Å². The van der Waals surface area contributed by atoms with Gasteiger partial charge < -0.3 is 26.7 Å². The van der Waals surface area contributed by atoms with E-state index in [9.17, 15) is 19.2 Å². The van der Waals surface area contributed by atoms with Gasteiger partial charge in [0.25, 0.3) is 5.91 Å². The number of hydrogen-bond acceptors (Lipinski definition) is 4. The van der Waals surface area contributed by atoms with Crippen molar-refractivity contribution in [2.24, 2.45) is 11.7 Å². The van der Waals surface area contributed by atoms with Crippen molar-refractivity contribution in [2.45, 2.75) is 38.3 Å². The zero-order chi connectivity index (χ0) is 22.9. The molecule has 1 aromatic heterocycles. The normalized spacial score (nSPS) is 18.5. The molecule has 1 fully saturated rings. The van der Waals surface area contributed by atoms with Crippen LogP contribution in [0.5, 0.6) is 0 Å². The molecule has 0 radical (unpaired) electrons. The van der Waals surface area contributed by atoms with E-state index in [2.05, 4.69) is 20.9 Å². The van der Waals surface area contributed by atoms with Gasteiger partial charge in [-0.05, 0) is 44.9 Å². The highest BCUT2D eigenvalue weighted by Crippen LogP contribution is 2.29. The first kappa shape index (κ1) is 22.9. The lowest BCUT2D eigenvalue weighted by Crippen LogP contribution is -2.49. The Bertz CT molecular complexity index is 1070. The summed E-state index contributed by atoms with van der Waals surface area (Å²) in [6.45, 7) is 3.38. The largest absolute Gasteiger partial charge is 0.368 e. The lowest BCUT2D eigenvalue weighted by Gasteiger charge is -2.19. The van der Waals surface area contributed by atoms with Crippen molar-refractivity contribution in [3.8, 4) is 0 Å². The Labute approximate surface area is 188 Å². The second-order valence-electron chi connectivity index (χ2n) is 8.25. The van der Waals surface area contributed by atoms with E-state index in [1.807, 2.05) is 13.8 Å². The highest BCUT2D eigenvalue weighted by Gasteiger charge is 2.39. The van der Waals surface area contributed by atoms with Gasteiger partial charge in [0, 0.05) is 27.4 Å². The van der Waals surface area contributed by atoms with Crippen molar-refractivity contribution in [1.29, 1.82) is 0 Å². The van der Waals surface area contributed by atoms with Gasteiger partial charge in [-0.15, -0.1) is 0 Å². The van der Waals surface area contributed by atoms with E-state index in [4.69, 9.17) is 28.9 Å². The van der Waals surface area contributed by atoms with Gasteiger partial charge in [-0.1, -0.05) is 23.2 Å². The average molecular weight is 468 g/mol. The molecule has 6 N–H and O–H groups in total. The minimum Gasteiger partial charge on any atom is -0.368 e. The molecule has 1 aliphatic rings. The number of halogens is 2. The Balaban J connectivity index is 1.58. The molecule has 0 spiro atoms. The molecule has 0 aliphatic carbocycles. The number of carbonyl (C=O) groups is 4. The second-order valence-corrected chi connectivity index (χ2v) is 9.09. The lowest BCUT2D eigenvalue weighted by atomic mass is 9.91. The molecule has 0 unspecified atom stereocenters. The van der Waals surface area contributed by atoms with E-state index in [-0.39, 0.29) is 30.1 Å². The topological polar surface area (TPSA) is 146 Å². The van der Waals surface area contributed by atoms with Gasteiger partial charge in [-0.25, -0.2) is 0 Å². The fourth-order valence-electron chi connectivity index (χ4n) is 3.70. The molecule has 3 rings (SSSR count). The van der Waals surface area contributed by atoms with Crippen LogP contribution in [0, 0.1) is 5.92 Å². The number of aromatic amines is 1. The van der Waals surface area contributed by atoms with Crippen LogP contribution in [0.3, 0.4) is 0 Å². The molecular weight excluding hydrogens is 445 g/mol. The highest BCUT2D eigenvalue weighted by molar-refractivity contribution is 6.38.